The molecule has 2 aromatic rings. The summed E-state index contributed by atoms with van der Waals surface area (Å²) >= 11 is 0. The van der Waals surface area contributed by atoms with Crippen LogP contribution in [-0.4, -0.2) is 55.5 Å². The van der Waals surface area contributed by atoms with Gasteiger partial charge >= 0.3 is 0 Å². The van der Waals surface area contributed by atoms with Gasteiger partial charge in [-0.3, -0.25) is 14.6 Å². The van der Waals surface area contributed by atoms with Crippen LogP contribution in [0.4, 0.5) is 17.1 Å². The number of piperazine rings is 1. The van der Waals surface area contributed by atoms with Crippen LogP contribution in [0, 0.1) is 0 Å². The summed E-state index contributed by atoms with van der Waals surface area (Å²) in [4.78, 5) is 19.3. The van der Waals surface area contributed by atoms with Crippen molar-refractivity contribution in [3.8, 4) is 0 Å². The van der Waals surface area contributed by atoms with E-state index in [9.17, 15) is 4.79 Å². The first kappa shape index (κ1) is 16.5. The highest BCUT2D eigenvalue weighted by atomic mass is 16.2. The number of carbonyl (C=O) groups is 1. The molecule has 0 unspecified atom stereocenters. The van der Waals surface area contributed by atoms with E-state index in [-0.39, 0.29) is 5.91 Å². The van der Waals surface area contributed by atoms with E-state index in [2.05, 4.69) is 16.8 Å². The summed E-state index contributed by atoms with van der Waals surface area (Å²) in [5.41, 5.74) is 8.32. The molecule has 0 aliphatic carbocycles. The minimum Gasteiger partial charge on any atom is -0.397 e. The lowest BCUT2D eigenvalue weighted by atomic mass is 10.2. The molecule has 3 rings (SSSR count). The minimum atomic E-state index is 0.0450. The van der Waals surface area contributed by atoms with Crippen molar-refractivity contribution in [2.45, 2.75) is 0 Å². The Hall–Kier alpha value is -2.37. The molecular weight excluding hydrogens is 300 g/mol. The molecule has 1 heterocycles. The average Bonchev–Trinajstić information content (AvgIpc) is 2.60. The van der Waals surface area contributed by atoms with Gasteiger partial charge in [0, 0.05) is 31.9 Å². The van der Waals surface area contributed by atoms with E-state index in [1.54, 1.807) is 4.90 Å². The fraction of sp³-hybridized carbons (Fsp3) is 0.316. The first-order valence-corrected chi connectivity index (χ1v) is 8.28. The van der Waals surface area contributed by atoms with Crippen LogP contribution in [0.1, 0.15) is 0 Å². The number of anilines is 3. The molecule has 0 atom stereocenters. The zero-order chi connectivity index (χ0) is 16.9. The summed E-state index contributed by atoms with van der Waals surface area (Å²) in [6.45, 7) is 4.21. The lowest BCUT2D eigenvalue weighted by Crippen LogP contribution is -2.48. The normalized spacial score (nSPS) is 16.0. The van der Waals surface area contributed by atoms with E-state index in [0.29, 0.717) is 12.2 Å². The van der Waals surface area contributed by atoms with Crippen LogP contribution in [0.3, 0.4) is 0 Å². The van der Waals surface area contributed by atoms with Crippen molar-refractivity contribution in [3.63, 3.8) is 0 Å². The van der Waals surface area contributed by atoms with Gasteiger partial charge in [-0.05, 0) is 31.3 Å². The molecule has 1 saturated heterocycles. The number of benzene rings is 2. The molecule has 24 heavy (non-hydrogen) atoms. The largest absolute Gasteiger partial charge is 0.397 e. The van der Waals surface area contributed by atoms with Gasteiger partial charge in [0.05, 0.1) is 17.9 Å². The van der Waals surface area contributed by atoms with Crippen LogP contribution < -0.4 is 10.6 Å². The molecule has 0 saturated carbocycles. The summed E-state index contributed by atoms with van der Waals surface area (Å²) < 4.78 is 0. The average molecular weight is 324 g/mol. The molecular formula is C19H24N4O. The number of nitrogen functional groups attached to an aromatic ring is 1. The van der Waals surface area contributed by atoms with Gasteiger partial charge in [0.25, 0.3) is 0 Å². The molecule has 1 aliphatic heterocycles. The second-order valence-electron chi connectivity index (χ2n) is 6.20. The van der Waals surface area contributed by atoms with Crippen molar-refractivity contribution in [2.24, 2.45) is 0 Å². The Morgan fingerprint density at radius 2 is 1.62 bits per heavy atom. The van der Waals surface area contributed by atoms with Gasteiger partial charge in [-0.15, -0.1) is 0 Å². The third-order valence-corrected chi connectivity index (χ3v) is 4.40. The number of para-hydroxylation sites is 3. The first-order chi connectivity index (χ1) is 11.6. The maximum absolute atomic E-state index is 13.1. The van der Waals surface area contributed by atoms with Gasteiger partial charge in [-0.2, -0.15) is 0 Å². The molecule has 0 spiro atoms. The Morgan fingerprint density at radius 1 is 1.00 bits per heavy atom. The van der Waals surface area contributed by atoms with Crippen LogP contribution in [0.25, 0.3) is 0 Å². The summed E-state index contributed by atoms with van der Waals surface area (Å²) in [5.74, 6) is 0.0450. The first-order valence-electron chi connectivity index (χ1n) is 8.28. The third kappa shape index (κ3) is 3.75. The standard InChI is InChI=1S/C19H24N4O/c1-21-11-13-22(14-12-21)15-19(24)23(16-7-3-2-4-8-16)18-10-6-5-9-17(18)20/h2-10H,11-15,20H2,1H3. The lowest BCUT2D eigenvalue weighted by Gasteiger charge is -2.33. The van der Waals surface area contributed by atoms with Crippen molar-refractivity contribution in [2.75, 3.05) is 50.4 Å². The van der Waals surface area contributed by atoms with E-state index in [1.165, 1.54) is 0 Å². The molecule has 5 heteroatoms. The Labute approximate surface area is 143 Å². The van der Waals surface area contributed by atoms with E-state index in [1.807, 2.05) is 54.6 Å². The molecule has 2 N–H and O–H groups in total. The van der Waals surface area contributed by atoms with Gasteiger partial charge in [0.15, 0.2) is 0 Å². The molecule has 0 aromatic heterocycles. The maximum Gasteiger partial charge on any atom is 0.245 e. The predicted molar refractivity (Wildman–Crippen MR) is 98.4 cm³/mol. The second kappa shape index (κ2) is 7.47. The van der Waals surface area contributed by atoms with Crippen LogP contribution in [0.5, 0.6) is 0 Å². The highest BCUT2D eigenvalue weighted by Crippen LogP contribution is 2.30. The topological polar surface area (TPSA) is 52.8 Å². The van der Waals surface area contributed by atoms with Gasteiger partial charge < -0.3 is 10.6 Å². The van der Waals surface area contributed by atoms with Crippen molar-refractivity contribution >= 4 is 23.0 Å². The Balaban J connectivity index is 1.85. The number of nitrogens with zero attached hydrogens (tertiary/aromatic N) is 3. The zero-order valence-corrected chi connectivity index (χ0v) is 14.1. The van der Waals surface area contributed by atoms with Gasteiger partial charge in [-0.25, -0.2) is 0 Å². The lowest BCUT2D eigenvalue weighted by molar-refractivity contribution is -0.119. The molecule has 0 bridgehead atoms. The Kier molecular flexibility index (Phi) is 5.13. The fourth-order valence-corrected chi connectivity index (χ4v) is 2.95. The predicted octanol–water partition coefficient (Wildman–Crippen LogP) is 2.18. The van der Waals surface area contributed by atoms with Crippen LogP contribution >= 0.6 is 0 Å². The molecule has 0 radical (unpaired) electrons. The van der Waals surface area contributed by atoms with E-state index < -0.39 is 0 Å². The number of rotatable bonds is 4. The summed E-state index contributed by atoms with van der Waals surface area (Å²) in [7, 11) is 2.11. The number of hydrogen-bond donors (Lipinski definition) is 1. The van der Waals surface area contributed by atoms with E-state index in [4.69, 9.17) is 5.73 Å². The summed E-state index contributed by atoms with van der Waals surface area (Å²) in [6, 6.07) is 17.2. The van der Waals surface area contributed by atoms with Crippen molar-refractivity contribution in [3.05, 3.63) is 54.6 Å². The van der Waals surface area contributed by atoms with Gasteiger partial charge in [0.2, 0.25) is 5.91 Å². The molecule has 5 nitrogen and oxygen atoms in total. The minimum absolute atomic E-state index is 0.0450. The number of carbonyl (C=O) groups excluding carboxylic acids is 1. The number of hydrogen-bond acceptors (Lipinski definition) is 4. The highest BCUT2D eigenvalue weighted by molar-refractivity contribution is 6.04. The van der Waals surface area contributed by atoms with E-state index >= 15 is 0 Å². The Morgan fingerprint density at radius 3 is 2.29 bits per heavy atom. The monoisotopic (exact) mass is 324 g/mol. The maximum atomic E-state index is 13.1. The molecule has 1 fully saturated rings. The fourth-order valence-electron chi connectivity index (χ4n) is 2.95. The van der Waals surface area contributed by atoms with Crippen LogP contribution in [0.15, 0.2) is 54.6 Å². The molecule has 1 amide bonds. The second-order valence-corrected chi connectivity index (χ2v) is 6.20. The number of nitrogens with two attached hydrogens (primary N) is 1. The van der Waals surface area contributed by atoms with Crippen molar-refractivity contribution in [1.29, 1.82) is 0 Å². The zero-order valence-electron chi connectivity index (χ0n) is 14.1. The molecule has 126 valence electrons. The summed E-state index contributed by atoms with van der Waals surface area (Å²) in [6.07, 6.45) is 0. The van der Waals surface area contributed by atoms with Gasteiger partial charge in [-0.1, -0.05) is 30.3 Å². The van der Waals surface area contributed by atoms with Crippen molar-refractivity contribution in [1.82, 2.24) is 9.80 Å². The Bertz CT molecular complexity index is 681. The van der Waals surface area contributed by atoms with Crippen LogP contribution in [-0.2, 0) is 4.79 Å². The van der Waals surface area contributed by atoms with Crippen molar-refractivity contribution < 1.29 is 4.79 Å². The summed E-state index contributed by atoms with van der Waals surface area (Å²) in [5, 5.41) is 0. The SMILES string of the molecule is CN1CCN(CC(=O)N(c2ccccc2)c2ccccc2N)CC1. The quantitative estimate of drug-likeness (QED) is 0.876. The third-order valence-electron chi connectivity index (χ3n) is 4.40. The highest BCUT2D eigenvalue weighted by Gasteiger charge is 2.23. The van der Waals surface area contributed by atoms with Gasteiger partial charge in [0.1, 0.15) is 0 Å². The smallest absolute Gasteiger partial charge is 0.245 e. The number of likely N-dealkylation sites (N-methyl/N-ethyl adjacent to an activating group) is 1. The molecule has 1 aliphatic rings. The number of amides is 1. The van der Waals surface area contributed by atoms with E-state index in [0.717, 1.165) is 37.6 Å². The molecule has 2 aromatic carbocycles. The van der Waals surface area contributed by atoms with Crippen LogP contribution in [0.2, 0.25) is 0 Å².